The average molecular weight is 347 g/mol. The number of pyridine rings is 1. The second kappa shape index (κ2) is 6.52. The van der Waals surface area contributed by atoms with Crippen LogP contribution < -0.4 is 10.6 Å². The van der Waals surface area contributed by atoms with Crippen molar-refractivity contribution in [3.63, 3.8) is 0 Å². The molecule has 0 spiro atoms. The van der Waals surface area contributed by atoms with E-state index in [1.54, 1.807) is 0 Å². The van der Waals surface area contributed by atoms with Gasteiger partial charge in [0.1, 0.15) is 16.9 Å². The standard InChI is InChI=1S/C15H17N5O3S/c1-10-9-24-13(17-10)15(5-2-3-6-15)19-14(21)18-11-4-7-16-8-12(11)20(22)23/h4,7-9H,2-3,5-6H2,1H3,(H2,16,18,19,21). The number of nitrogens with zero attached hydrogens (tertiary/aromatic N) is 3. The van der Waals surface area contributed by atoms with Crippen molar-refractivity contribution in [1.29, 1.82) is 0 Å². The molecule has 0 bridgehead atoms. The number of carbonyl (C=O) groups excluding carboxylic acids is 1. The van der Waals surface area contributed by atoms with Crippen LogP contribution in [-0.4, -0.2) is 20.9 Å². The minimum Gasteiger partial charge on any atom is -0.326 e. The van der Waals surface area contributed by atoms with Gasteiger partial charge in [-0.3, -0.25) is 15.1 Å². The summed E-state index contributed by atoms with van der Waals surface area (Å²) in [5.74, 6) is 0. The molecule has 126 valence electrons. The maximum Gasteiger partial charge on any atom is 0.320 e. The molecule has 0 radical (unpaired) electrons. The Hall–Kier alpha value is -2.55. The molecule has 24 heavy (non-hydrogen) atoms. The van der Waals surface area contributed by atoms with Crippen molar-refractivity contribution in [3.05, 3.63) is 44.7 Å². The number of hydrogen-bond donors (Lipinski definition) is 2. The number of aryl methyl sites for hydroxylation is 1. The summed E-state index contributed by atoms with van der Waals surface area (Å²) in [6, 6.07) is 0.936. The van der Waals surface area contributed by atoms with Crippen LogP contribution in [0.4, 0.5) is 16.2 Å². The lowest BCUT2D eigenvalue weighted by Gasteiger charge is -2.28. The number of rotatable bonds is 4. The fourth-order valence-electron chi connectivity index (χ4n) is 2.95. The average Bonchev–Trinajstić information content (AvgIpc) is 3.17. The van der Waals surface area contributed by atoms with Gasteiger partial charge in [-0.05, 0) is 25.8 Å². The molecule has 9 heteroatoms. The van der Waals surface area contributed by atoms with Gasteiger partial charge in [-0.2, -0.15) is 0 Å². The Kier molecular flexibility index (Phi) is 4.43. The number of anilines is 1. The lowest BCUT2D eigenvalue weighted by Crippen LogP contribution is -2.45. The first-order valence-corrected chi connectivity index (χ1v) is 8.48. The number of amides is 2. The quantitative estimate of drug-likeness (QED) is 0.651. The molecule has 2 aromatic rings. The molecule has 1 saturated carbocycles. The van der Waals surface area contributed by atoms with Crippen LogP contribution in [0.25, 0.3) is 0 Å². The molecule has 0 aliphatic heterocycles. The van der Waals surface area contributed by atoms with Crippen molar-refractivity contribution in [2.24, 2.45) is 0 Å². The van der Waals surface area contributed by atoms with Gasteiger partial charge < -0.3 is 10.6 Å². The van der Waals surface area contributed by atoms with Crippen LogP contribution in [0, 0.1) is 17.0 Å². The Labute approximate surface area is 142 Å². The van der Waals surface area contributed by atoms with E-state index in [0.29, 0.717) is 0 Å². The van der Waals surface area contributed by atoms with E-state index < -0.39 is 16.5 Å². The molecule has 0 unspecified atom stereocenters. The Morgan fingerprint density at radius 2 is 2.17 bits per heavy atom. The highest BCUT2D eigenvalue weighted by atomic mass is 32.1. The van der Waals surface area contributed by atoms with Gasteiger partial charge in [0.05, 0.1) is 10.5 Å². The van der Waals surface area contributed by atoms with E-state index in [1.165, 1.54) is 23.6 Å². The summed E-state index contributed by atoms with van der Waals surface area (Å²) in [7, 11) is 0. The number of urea groups is 1. The zero-order chi connectivity index (χ0) is 17.2. The maximum atomic E-state index is 12.4. The Balaban J connectivity index is 1.79. The third-order valence-corrected chi connectivity index (χ3v) is 5.25. The van der Waals surface area contributed by atoms with Crippen LogP contribution in [0.15, 0.2) is 23.8 Å². The van der Waals surface area contributed by atoms with E-state index in [2.05, 4.69) is 20.6 Å². The Morgan fingerprint density at radius 3 is 2.79 bits per heavy atom. The van der Waals surface area contributed by atoms with Gasteiger partial charge in [0.2, 0.25) is 0 Å². The van der Waals surface area contributed by atoms with Gasteiger partial charge in [-0.1, -0.05) is 12.8 Å². The molecule has 0 aromatic carbocycles. The van der Waals surface area contributed by atoms with Crippen molar-refractivity contribution in [2.45, 2.75) is 38.1 Å². The molecule has 1 aliphatic carbocycles. The van der Waals surface area contributed by atoms with Gasteiger partial charge >= 0.3 is 11.7 Å². The third-order valence-electron chi connectivity index (χ3n) is 4.08. The third kappa shape index (κ3) is 3.21. The van der Waals surface area contributed by atoms with Crippen LogP contribution >= 0.6 is 11.3 Å². The molecular formula is C15H17N5O3S. The summed E-state index contributed by atoms with van der Waals surface area (Å²) in [5, 5.41) is 19.4. The molecule has 2 aromatic heterocycles. The highest BCUT2D eigenvalue weighted by Gasteiger charge is 2.39. The normalized spacial score (nSPS) is 15.9. The Morgan fingerprint density at radius 1 is 1.42 bits per heavy atom. The fourth-order valence-corrected chi connectivity index (χ4v) is 3.97. The molecule has 1 fully saturated rings. The first-order chi connectivity index (χ1) is 11.5. The minimum absolute atomic E-state index is 0.121. The molecule has 1 aliphatic rings. The number of thiazole rings is 1. The van der Waals surface area contributed by atoms with E-state index in [4.69, 9.17) is 0 Å². The van der Waals surface area contributed by atoms with Gasteiger partial charge in [0.25, 0.3) is 0 Å². The second-order valence-corrected chi connectivity index (χ2v) is 6.67. The highest BCUT2D eigenvalue weighted by Crippen LogP contribution is 2.40. The predicted octanol–water partition coefficient (Wildman–Crippen LogP) is 3.35. The van der Waals surface area contributed by atoms with E-state index in [9.17, 15) is 14.9 Å². The van der Waals surface area contributed by atoms with Gasteiger partial charge in [0, 0.05) is 17.3 Å². The SMILES string of the molecule is Cc1csc(C2(NC(=O)Nc3ccncc3[N+](=O)[O-])CCCC2)n1. The first kappa shape index (κ1) is 16.3. The summed E-state index contributed by atoms with van der Waals surface area (Å²) >= 11 is 1.53. The van der Waals surface area contributed by atoms with Crippen molar-refractivity contribution >= 4 is 28.7 Å². The summed E-state index contributed by atoms with van der Waals surface area (Å²) in [6.45, 7) is 1.92. The largest absolute Gasteiger partial charge is 0.326 e. The van der Waals surface area contributed by atoms with Crippen LogP contribution in [0.1, 0.15) is 36.4 Å². The smallest absolute Gasteiger partial charge is 0.320 e. The van der Waals surface area contributed by atoms with E-state index in [-0.39, 0.29) is 11.4 Å². The van der Waals surface area contributed by atoms with Crippen molar-refractivity contribution < 1.29 is 9.72 Å². The van der Waals surface area contributed by atoms with E-state index in [0.717, 1.165) is 42.6 Å². The van der Waals surface area contributed by atoms with Crippen molar-refractivity contribution in [3.8, 4) is 0 Å². The highest BCUT2D eigenvalue weighted by molar-refractivity contribution is 7.09. The fraction of sp³-hybridized carbons (Fsp3) is 0.400. The molecule has 3 rings (SSSR count). The maximum absolute atomic E-state index is 12.4. The number of hydrogen-bond acceptors (Lipinski definition) is 6. The minimum atomic E-state index is -0.571. The molecule has 2 N–H and O–H groups in total. The van der Waals surface area contributed by atoms with Crippen LogP contribution in [-0.2, 0) is 5.54 Å². The van der Waals surface area contributed by atoms with E-state index in [1.807, 2.05) is 12.3 Å². The molecule has 2 amide bonds. The zero-order valence-corrected chi connectivity index (χ0v) is 13.9. The monoisotopic (exact) mass is 347 g/mol. The van der Waals surface area contributed by atoms with Gasteiger partial charge in [-0.15, -0.1) is 11.3 Å². The summed E-state index contributed by atoms with van der Waals surface area (Å²) in [4.78, 5) is 31.1. The molecule has 0 atom stereocenters. The Bertz CT molecular complexity index is 770. The second-order valence-electron chi connectivity index (χ2n) is 5.81. The molecular weight excluding hydrogens is 330 g/mol. The summed E-state index contributed by atoms with van der Waals surface area (Å²) in [5.41, 5.74) is 0.313. The van der Waals surface area contributed by atoms with Gasteiger partial charge in [-0.25, -0.2) is 9.78 Å². The van der Waals surface area contributed by atoms with E-state index >= 15 is 0 Å². The molecule has 8 nitrogen and oxygen atoms in total. The van der Waals surface area contributed by atoms with Crippen LogP contribution in [0.2, 0.25) is 0 Å². The zero-order valence-electron chi connectivity index (χ0n) is 13.1. The number of carbonyl (C=O) groups is 1. The van der Waals surface area contributed by atoms with Crippen molar-refractivity contribution in [1.82, 2.24) is 15.3 Å². The van der Waals surface area contributed by atoms with Gasteiger partial charge in [0.15, 0.2) is 0 Å². The van der Waals surface area contributed by atoms with Crippen LogP contribution in [0.3, 0.4) is 0 Å². The summed E-state index contributed by atoms with van der Waals surface area (Å²) in [6.07, 6.45) is 6.16. The summed E-state index contributed by atoms with van der Waals surface area (Å²) < 4.78 is 0. The van der Waals surface area contributed by atoms with Crippen molar-refractivity contribution in [2.75, 3.05) is 5.32 Å². The molecule has 0 saturated heterocycles. The number of aromatic nitrogens is 2. The molecule has 2 heterocycles. The van der Waals surface area contributed by atoms with Crippen LogP contribution in [0.5, 0.6) is 0 Å². The first-order valence-electron chi connectivity index (χ1n) is 7.60. The number of nitrogens with one attached hydrogen (secondary N) is 2. The lowest BCUT2D eigenvalue weighted by molar-refractivity contribution is -0.384. The predicted molar refractivity (Wildman–Crippen MR) is 90.0 cm³/mol. The topological polar surface area (TPSA) is 110 Å². The number of nitro groups is 1. The lowest BCUT2D eigenvalue weighted by atomic mass is 9.99.